The Labute approximate surface area is 138 Å². The molecule has 0 aliphatic rings. The van der Waals surface area contributed by atoms with Crippen molar-refractivity contribution in [1.82, 2.24) is 4.72 Å². The summed E-state index contributed by atoms with van der Waals surface area (Å²) in [6.07, 6.45) is 0.636. The van der Waals surface area contributed by atoms with E-state index in [0.29, 0.717) is 31.1 Å². The van der Waals surface area contributed by atoms with Crippen molar-refractivity contribution in [3.8, 4) is 0 Å². The van der Waals surface area contributed by atoms with Crippen LogP contribution in [0, 0.1) is 13.8 Å². The van der Waals surface area contributed by atoms with Gasteiger partial charge in [-0.3, -0.25) is 0 Å². The molecule has 0 aliphatic heterocycles. The Morgan fingerprint density at radius 1 is 1.04 bits per heavy atom. The molecule has 0 unspecified atom stereocenters. The zero-order valence-corrected chi connectivity index (χ0v) is 14.4. The molecular weight excluding hydrogens is 310 g/mol. The third-order valence-electron chi connectivity index (χ3n) is 3.50. The van der Waals surface area contributed by atoms with Gasteiger partial charge in [-0.05, 0) is 43.0 Å². The fourth-order valence-corrected chi connectivity index (χ4v) is 3.62. The topological polar surface area (TPSA) is 55.4 Å². The molecule has 23 heavy (non-hydrogen) atoms. The Kier molecular flexibility index (Phi) is 6.33. The molecule has 2 aromatic carbocycles. The first-order valence-electron chi connectivity index (χ1n) is 7.67. The Hall–Kier alpha value is -1.69. The van der Waals surface area contributed by atoms with Crippen molar-refractivity contribution in [2.45, 2.75) is 31.8 Å². The fraction of sp³-hybridized carbons (Fsp3) is 0.333. The van der Waals surface area contributed by atoms with Crippen molar-refractivity contribution in [2.75, 3.05) is 13.2 Å². The molecule has 0 amide bonds. The van der Waals surface area contributed by atoms with Crippen LogP contribution in [0.15, 0.2) is 53.4 Å². The van der Waals surface area contributed by atoms with Gasteiger partial charge in [0.05, 0.1) is 11.5 Å². The maximum Gasteiger partial charge on any atom is 0.240 e. The van der Waals surface area contributed by atoms with Crippen molar-refractivity contribution >= 4 is 10.0 Å². The lowest BCUT2D eigenvalue weighted by molar-refractivity contribution is 0.119. The van der Waals surface area contributed by atoms with Crippen LogP contribution in [-0.4, -0.2) is 21.6 Å². The van der Waals surface area contributed by atoms with Crippen molar-refractivity contribution in [3.05, 3.63) is 65.2 Å². The molecule has 1 N–H and O–H groups in total. The van der Waals surface area contributed by atoms with Gasteiger partial charge >= 0.3 is 0 Å². The van der Waals surface area contributed by atoms with Crippen LogP contribution in [0.5, 0.6) is 0 Å². The molecule has 0 heterocycles. The zero-order valence-electron chi connectivity index (χ0n) is 13.6. The molecule has 0 aliphatic carbocycles. The quantitative estimate of drug-likeness (QED) is 0.755. The molecule has 2 rings (SSSR count). The molecule has 4 nitrogen and oxygen atoms in total. The monoisotopic (exact) mass is 333 g/mol. The Morgan fingerprint density at radius 2 is 1.78 bits per heavy atom. The van der Waals surface area contributed by atoms with Gasteiger partial charge in [-0.15, -0.1) is 0 Å². The van der Waals surface area contributed by atoms with Gasteiger partial charge in [-0.25, -0.2) is 13.1 Å². The Balaban J connectivity index is 1.76. The van der Waals surface area contributed by atoms with Crippen LogP contribution in [-0.2, 0) is 21.4 Å². The summed E-state index contributed by atoms with van der Waals surface area (Å²) >= 11 is 0. The lowest BCUT2D eigenvalue weighted by Crippen LogP contribution is -2.26. The fourth-order valence-electron chi connectivity index (χ4n) is 2.22. The van der Waals surface area contributed by atoms with E-state index in [0.717, 1.165) is 16.7 Å². The molecule has 0 fully saturated rings. The molecule has 2 aromatic rings. The van der Waals surface area contributed by atoms with Gasteiger partial charge in [0.2, 0.25) is 10.0 Å². The van der Waals surface area contributed by atoms with E-state index >= 15 is 0 Å². The van der Waals surface area contributed by atoms with Crippen molar-refractivity contribution in [2.24, 2.45) is 0 Å². The molecule has 5 heteroatoms. The summed E-state index contributed by atoms with van der Waals surface area (Å²) in [7, 11) is -3.46. The number of hydrogen-bond donors (Lipinski definition) is 1. The molecule has 0 spiro atoms. The largest absolute Gasteiger partial charge is 0.377 e. The van der Waals surface area contributed by atoms with Gasteiger partial charge in [0.15, 0.2) is 0 Å². The van der Waals surface area contributed by atoms with E-state index in [2.05, 4.69) is 4.72 Å². The Bertz CT molecular complexity index is 727. The van der Waals surface area contributed by atoms with Gasteiger partial charge in [-0.2, -0.15) is 0 Å². The average molecular weight is 333 g/mol. The first-order valence-corrected chi connectivity index (χ1v) is 9.16. The van der Waals surface area contributed by atoms with E-state index in [-0.39, 0.29) is 0 Å². The SMILES string of the molecule is Cc1ccc(C)c(S(=O)(=O)NCCCOCc2ccccc2)c1. The zero-order chi connectivity index (χ0) is 16.7. The smallest absolute Gasteiger partial charge is 0.240 e. The normalized spacial score (nSPS) is 11.6. The van der Waals surface area contributed by atoms with Crippen LogP contribution in [0.3, 0.4) is 0 Å². The highest BCUT2D eigenvalue weighted by molar-refractivity contribution is 7.89. The van der Waals surface area contributed by atoms with Crippen LogP contribution in [0.4, 0.5) is 0 Å². The first kappa shape index (κ1) is 17.7. The third-order valence-corrected chi connectivity index (χ3v) is 5.11. The van der Waals surface area contributed by atoms with E-state index in [4.69, 9.17) is 4.74 Å². The predicted molar refractivity (Wildman–Crippen MR) is 91.8 cm³/mol. The second kappa shape index (κ2) is 8.24. The predicted octanol–water partition coefficient (Wildman–Crippen LogP) is 3.19. The van der Waals surface area contributed by atoms with Crippen LogP contribution >= 0.6 is 0 Å². The lowest BCUT2D eigenvalue weighted by Gasteiger charge is -2.10. The molecule has 0 saturated heterocycles. The number of rotatable bonds is 8. The van der Waals surface area contributed by atoms with Gasteiger partial charge < -0.3 is 4.74 Å². The summed E-state index contributed by atoms with van der Waals surface area (Å²) in [6.45, 7) is 5.12. The van der Waals surface area contributed by atoms with E-state index in [1.165, 1.54) is 0 Å². The van der Waals surface area contributed by atoms with E-state index in [1.807, 2.05) is 49.4 Å². The van der Waals surface area contributed by atoms with Crippen LogP contribution < -0.4 is 4.72 Å². The molecular formula is C18H23NO3S. The number of sulfonamides is 1. The second-order valence-corrected chi connectivity index (χ2v) is 7.29. The summed E-state index contributed by atoms with van der Waals surface area (Å²) < 4.78 is 32.8. The maximum atomic E-state index is 12.3. The number of nitrogens with one attached hydrogen (secondary N) is 1. The number of benzene rings is 2. The van der Waals surface area contributed by atoms with Crippen LogP contribution in [0.1, 0.15) is 23.1 Å². The van der Waals surface area contributed by atoms with Gasteiger partial charge in [0.1, 0.15) is 0 Å². The minimum absolute atomic E-state index is 0.350. The van der Waals surface area contributed by atoms with Crippen molar-refractivity contribution in [1.29, 1.82) is 0 Å². The minimum atomic E-state index is -3.46. The highest BCUT2D eigenvalue weighted by Gasteiger charge is 2.15. The van der Waals surface area contributed by atoms with Crippen molar-refractivity contribution in [3.63, 3.8) is 0 Å². The first-order chi connectivity index (χ1) is 11.0. The molecule has 0 bridgehead atoms. The van der Waals surface area contributed by atoms with Crippen molar-refractivity contribution < 1.29 is 13.2 Å². The van der Waals surface area contributed by atoms with E-state index < -0.39 is 10.0 Å². The third kappa shape index (κ3) is 5.46. The molecule has 0 aromatic heterocycles. The van der Waals surface area contributed by atoms with E-state index in [9.17, 15) is 8.42 Å². The molecule has 0 atom stereocenters. The molecule has 0 radical (unpaired) electrons. The van der Waals surface area contributed by atoms with Gasteiger partial charge in [-0.1, -0.05) is 42.5 Å². The summed E-state index contributed by atoms with van der Waals surface area (Å²) in [5, 5.41) is 0. The summed E-state index contributed by atoms with van der Waals surface area (Å²) in [5.41, 5.74) is 2.80. The van der Waals surface area contributed by atoms with Crippen LogP contribution in [0.2, 0.25) is 0 Å². The Morgan fingerprint density at radius 3 is 2.52 bits per heavy atom. The highest BCUT2D eigenvalue weighted by Crippen LogP contribution is 2.16. The van der Waals surface area contributed by atoms with Crippen LogP contribution in [0.25, 0.3) is 0 Å². The standard InChI is InChI=1S/C18H23NO3S/c1-15-9-10-16(2)18(13-15)23(20,21)19-11-6-12-22-14-17-7-4-3-5-8-17/h3-5,7-10,13,19H,6,11-12,14H2,1-2H3. The maximum absolute atomic E-state index is 12.3. The number of hydrogen-bond acceptors (Lipinski definition) is 3. The number of aryl methyl sites for hydroxylation is 2. The lowest BCUT2D eigenvalue weighted by atomic mass is 10.2. The van der Waals surface area contributed by atoms with Gasteiger partial charge in [0.25, 0.3) is 0 Å². The minimum Gasteiger partial charge on any atom is -0.377 e. The average Bonchev–Trinajstić information content (AvgIpc) is 2.54. The summed E-state index contributed by atoms with van der Waals surface area (Å²) in [4.78, 5) is 0.350. The van der Waals surface area contributed by atoms with E-state index in [1.54, 1.807) is 13.0 Å². The molecule has 0 saturated carbocycles. The second-order valence-electron chi connectivity index (χ2n) is 5.56. The summed E-state index contributed by atoms with van der Waals surface area (Å²) in [5.74, 6) is 0. The number of ether oxygens (including phenoxy) is 1. The molecule has 124 valence electrons. The van der Waals surface area contributed by atoms with Gasteiger partial charge in [0, 0.05) is 13.2 Å². The summed E-state index contributed by atoms with van der Waals surface area (Å²) in [6, 6.07) is 15.3. The highest BCUT2D eigenvalue weighted by atomic mass is 32.2.